The summed E-state index contributed by atoms with van der Waals surface area (Å²) < 4.78 is 1.69. The molecule has 0 amide bonds. The number of aromatic nitrogens is 4. The van der Waals surface area contributed by atoms with Crippen LogP contribution in [0.4, 0.5) is 0 Å². The summed E-state index contributed by atoms with van der Waals surface area (Å²) in [6.07, 6.45) is 3.26. The van der Waals surface area contributed by atoms with E-state index in [1.165, 1.54) is 0 Å². The number of Topliss-reactive ketones (excluding diaryl/α,β-unsaturated/α-hetero) is 1. The number of para-hydroxylation sites is 1. The van der Waals surface area contributed by atoms with Crippen LogP contribution < -0.4 is 0 Å². The molecule has 0 bridgehead atoms. The van der Waals surface area contributed by atoms with Crippen molar-refractivity contribution < 1.29 is 4.79 Å². The molecule has 1 saturated carbocycles. The summed E-state index contributed by atoms with van der Waals surface area (Å²) in [4.78, 5) is 11.7. The molecule has 1 aliphatic rings. The van der Waals surface area contributed by atoms with Gasteiger partial charge in [0.05, 0.1) is 5.69 Å². The van der Waals surface area contributed by atoms with Crippen LogP contribution in [0.15, 0.2) is 30.3 Å². The number of hydrogen-bond acceptors (Lipinski definition) is 4. The molecule has 18 heavy (non-hydrogen) atoms. The summed E-state index contributed by atoms with van der Waals surface area (Å²) in [5, 5.41) is 11.7. The monoisotopic (exact) mass is 242 g/mol. The predicted octanol–water partition coefficient (Wildman–Crippen LogP) is 1.57. The van der Waals surface area contributed by atoms with E-state index in [1.54, 1.807) is 4.68 Å². The highest BCUT2D eigenvalue weighted by Crippen LogP contribution is 2.31. The van der Waals surface area contributed by atoms with Crippen molar-refractivity contribution in [2.24, 2.45) is 5.92 Å². The molecule has 1 aromatic carbocycles. The number of hydrogen-bond donors (Lipinski definition) is 0. The molecule has 2 aromatic rings. The Hall–Kier alpha value is -2.04. The van der Waals surface area contributed by atoms with Crippen molar-refractivity contribution in [3.8, 4) is 5.69 Å². The standard InChI is InChI=1S/C13H14N4O/c18-12(10-6-7-10)8-9-13-14-15-16-17(13)11-4-2-1-3-5-11/h1-5,10H,6-9H2. The van der Waals surface area contributed by atoms with Gasteiger partial charge >= 0.3 is 0 Å². The van der Waals surface area contributed by atoms with E-state index in [-0.39, 0.29) is 0 Å². The van der Waals surface area contributed by atoms with Crippen molar-refractivity contribution in [2.45, 2.75) is 25.7 Å². The van der Waals surface area contributed by atoms with Gasteiger partial charge in [0.2, 0.25) is 0 Å². The van der Waals surface area contributed by atoms with Crippen molar-refractivity contribution in [2.75, 3.05) is 0 Å². The van der Waals surface area contributed by atoms with E-state index in [2.05, 4.69) is 15.5 Å². The molecule has 1 fully saturated rings. The lowest BCUT2D eigenvalue weighted by molar-refractivity contribution is -0.120. The van der Waals surface area contributed by atoms with Crippen molar-refractivity contribution in [1.29, 1.82) is 0 Å². The van der Waals surface area contributed by atoms with Crippen LogP contribution in [0.2, 0.25) is 0 Å². The number of carbonyl (C=O) groups is 1. The zero-order valence-corrected chi connectivity index (χ0v) is 9.99. The highest BCUT2D eigenvalue weighted by atomic mass is 16.1. The van der Waals surface area contributed by atoms with Gasteiger partial charge in [-0.25, -0.2) is 0 Å². The number of aryl methyl sites for hydroxylation is 1. The van der Waals surface area contributed by atoms with Crippen molar-refractivity contribution in [1.82, 2.24) is 20.2 Å². The molecule has 0 spiro atoms. The predicted molar refractivity (Wildman–Crippen MR) is 65.2 cm³/mol. The highest BCUT2D eigenvalue weighted by molar-refractivity contribution is 5.83. The topological polar surface area (TPSA) is 60.7 Å². The first kappa shape index (κ1) is 11.1. The summed E-state index contributed by atoms with van der Waals surface area (Å²) >= 11 is 0. The fourth-order valence-electron chi connectivity index (χ4n) is 1.98. The fourth-order valence-corrected chi connectivity index (χ4v) is 1.98. The molecule has 3 rings (SSSR count). The normalized spacial score (nSPS) is 14.7. The van der Waals surface area contributed by atoms with Crippen LogP contribution in [0.1, 0.15) is 25.1 Å². The van der Waals surface area contributed by atoms with E-state index in [0.717, 1.165) is 24.4 Å². The lowest BCUT2D eigenvalue weighted by Crippen LogP contribution is -2.07. The number of carbonyl (C=O) groups excluding carboxylic acids is 1. The van der Waals surface area contributed by atoms with Gasteiger partial charge in [0.1, 0.15) is 5.78 Å². The number of nitrogens with zero attached hydrogens (tertiary/aromatic N) is 4. The minimum absolute atomic E-state index is 0.311. The van der Waals surface area contributed by atoms with Crippen LogP contribution in [-0.4, -0.2) is 26.0 Å². The van der Waals surface area contributed by atoms with E-state index in [0.29, 0.717) is 24.5 Å². The van der Waals surface area contributed by atoms with Gasteiger partial charge in [-0.05, 0) is 35.4 Å². The number of benzene rings is 1. The second-order valence-electron chi connectivity index (χ2n) is 4.58. The zero-order valence-electron chi connectivity index (χ0n) is 9.99. The molecular weight excluding hydrogens is 228 g/mol. The Bertz CT molecular complexity index is 545. The van der Waals surface area contributed by atoms with Crippen LogP contribution >= 0.6 is 0 Å². The Morgan fingerprint density at radius 3 is 2.78 bits per heavy atom. The average molecular weight is 242 g/mol. The van der Waals surface area contributed by atoms with Crippen molar-refractivity contribution in [3.63, 3.8) is 0 Å². The average Bonchev–Trinajstić information content (AvgIpc) is 3.16. The summed E-state index contributed by atoms with van der Waals surface area (Å²) in [5.74, 6) is 1.40. The largest absolute Gasteiger partial charge is 0.299 e. The molecule has 0 saturated heterocycles. The Kier molecular flexibility index (Phi) is 2.88. The van der Waals surface area contributed by atoms with E-state index < -0.39 is 0 Å². The van der Waals surface area contributed by atoms with E-state index in [1.807, 2.05) is 30.3 Å². The molecule has 5 heteroatoms. The number of ketones is 1. The Balaban J connectivity index is 1.73. The molecule has 5 nitrogen and oxygen atoms in total. The van der Waals surface area contributed by atoms with Crippen LogP contribution in [0.25, 0.3) is 5.69 Å². The van der Waals surface area contributed by atoms with Crippen molar-refractivity contribution >= 4 is 5.78 Å². The third kappa shape index (κ3) is 2.30. The van der Waals surface area contributed by atoms with Gasteiger partial charge in [0, 0.05) is 18.8 Å². The van der Waals surface area contributed by atoms with Gasteiger partial charge in [-0.1, -0.05) is 18.2 Å². The van der Waals surface area contributed by atoms with Crippen LogP contribution in [0.3, 0.4) is 0 Å². The Morgan fingerprint density at radius 2 is 2.06 bits per heavy atom. The van der Waals surface area contributed by atoms with E-state index in [4.69, 9.17) is 0 Å². The number of rotatable bonds is 5. The van der Waals surface area contributed by atoms with Gasteiger partial charge in [-0.2, -0.15) is 4.68 Å². The molecule has 1 aromatic heterocycles. The quantitative estimate of drug-likeness (QED) is 0.798. The van der Waals surface area contributed by atoms with E-state index >= 15 is 0 Å². The Labute approximate surface area is 105 Å². The van der Waals surface area contributed by atoms with Gasteiger partial charge in [-0.15, -0.1) is 5.10 Å². The maximum absolute atomic E-state index is 11.7. The lowest BCUT2D eigenvalue weighted by Gasteiger charge is -2.03. The molecular formula is C13H14N4O. The Morgan fingerprint density at radius 1 is 1.28 bits per heavy atom. The molecule has 0 atom stereocenters. The summed E-state index contributed by atoms with van der Waals surface area (Å²) in [6.45, 7) is 0. The highest BCUT2D eigenvalue weighted by Gasteiger charge is 2.29. The minimum Gasteiger partial charge on any atom is -0.299 e. The maximum Gasteiger partial charge on any atom is 0.157 e. The second-order valence-corrected chi connectivity index (χ2v) is 4.58. The zero-order chi connectivity index (χ0) is 12.4. The third-order valence-electron chi connectivity index (χ3n) is 3.16. The molecule has 0 radical (unpaired) electrons. The SMILES string of the molecule is O=C(CCc1nnnn1-c1ccccc1)C1CC1. The van der Waals surface area contributed by atoms with E-state index in [9.17, 15) is 4.79 Å². The molecule has 92 valence electrons. The molecule has 0 aliphatic heterocycles. The summed E-state index contributed by atoms with van der Waals surface area (Å²) in [5.41, 5.74) is 0.927. The maximum atomic E-state index is 11.7. The molecule has 1 aliphatic carbocycles. The van der Waals surface area contributed by atoms with Crippen LogP contribution in [0, 0.1) is 5.92 Å². The molecule has 0 N–H and O–H groups in total. The fraction of sp³-hybridized carbons (Fsp3) is 0.385. The molecule has 0 unspecified atom stereocenters. The second kappa shape index (κ2) is 4.68. The van der Waals surface area contributed by atoms with Gasteiger partial charge in [0.15, 0.2) is 5.82 Å². The first-order valence-corrected chi connectivity index (χ1v) is 6.20. The minimum atomic E-state index is 0.311. The molecule has 1 heterocycles. The smallest absolute Gasteiger partial charge is 0.157 e. The lowest BCUT2D eigenvalue weighted by atomic mass is 10.1. The first-order valence-electron chi connectivity index (χ1n) is 6.20. The number of tetrazole rings is 1. The first-order chi connectivity index (χ1) is 8.84. The van der Waals surface area contributed by atoms with Crippen LogP contribution in [-0.2, 0) is 11.2 Å². The third-order valence-corrected chi connectivity index (χ3v) is 3.16. The summed E-state index contributed by atoms with van der Waals surface area (Å²) in [6, 6.07) is 9.72. The van der Waals surface area contributed by atoms with Crippen molar-refractivity contribution in [3.05, 3.63) is 36.2 Å². The van der Waals surface area contributed by atoms with Gasteiger partial charge in [0.25, 0.3) is 0 Å². The van der Waals surface area contributed by atoms with Crippen LogP contribution in [0.5, 0.6) is 0 Å². The van der Waals surface area contributed by atoms with Gasteiger partial charge in [-0.3, -0.25) is 4.79 Å². The van der Waals surface area contributed by atoms with Gasteiger partial charge < -0.3 is 0 Å². The summed E-state index contributed by atoms with van der Waals surface area (Å²) in [7, 11) is 0.